The van der Waals surface area contributed by atoms with Crippen LogP contribution in [0.25, 0.3) is 10.8 Å². The summed E-state index contributed by atoms with van der Waals surface area (Å²) in [6, 6.07) is 9.61. The molecule has 0 aliphatic carbocycles. The van der Waals surface area contributed by atoms with Gasteiger partial charge in [0.25, 0.3) is 5.91 Å². The minimum Gasteiger partial charge on any atom is -0.388 e. The number of hydrogen-bond acceptors (Lipinski definition) is 8. The SMILES string of the molecule is CC1=C(C=O)C(c2ccc(C(F)(F)F)c(F)c2)n2nc(C(=O)NCCN3CCCCC3)nc2N1.CNc1ccc2cnccc2c1. The van der Waals surface area contributed by atoms with Crippen LogP contribution in [0.2, 0.25) is 0 Å². The number of anilines is 2. The van der Waals surface area contributed by atoms with Crippen molar-refractivity contribution in [3.05, 3.63) is 88.9 Å². The van der Waals surface area contributed by atoms with Gasteiger partial charge in [0.15, 0.2) is 0 Å². The summed E-state index contributed by atoms with van der Waals surface area (Å²) < 4.78 is 54.5. The quantitative estimate of drug-likeness (QED) is 0.182. The molecular formula is C32H34F4N8O2. The average molecular weight is 639 g/mol. The van der Waals surface area contributed by atoms with Gasteiger partial charge in [-0.2, -0.15) is 18.2 Å². The number of carbonyl (C=O) groups is 2. The summed E-state index contributed by atoms with van der Waals surface area (Å²) in [6.07, 6.45) is 2.81. The molecule has 3 N–H and O–H groups in total. The number of aromatic nitrogens is 4. The summed E-state index contributed by atoms with van der Waals surface area (Å²) >= 11 is 0. The molecule has 46 heavy (non-hydrogen) atoms. The zero-order valence-corrected chi connectivity index (χ0v) is 25.4. The molecule has 1 atom stereocenters. The van der Waals surface area contributed by atoms with Crippen molar-refractivity contribution in [3.63, 3.8) is 0 Å². The number of halogens is 4. The van der Waals surface area contributed by atoms with E-state index in [9.17, 15) is 27.2 Å². The number of benzene rings is 2. The van der Waals surface area contributed by atoms with E-state index in [2.05, 4.69) is 48.0 Å². The van der Waals surface area contributed by atoms with E-state index in [1.807, 2.05) is 31.6 Å². The number of allylic oxidation sites excluding steroid dienone is 2. The van der Waals surface area contributed by atoms with Crippen LogP contribution >= 0.6 is 0 Å². The number of rotatable bonds is 7. The van der Waals surface area contributed by atoms with Crippen LogP contribution in [-0.4, -0.2) is 70.1 Å². The van der Waals surface area contributed by atoms with Gasteiger partial charge in [-0.15, -0.1) is 5.10 Å². The number of aldehydes is 1. The molecule has 4 heterocycles. The number of nitrogens with one attached hydrogen (secondary N) is 3. The van der Waals surface area contributed by atoms with E-state index in [1.54, 1.807) is 6.92 Å². The fraction of sp³-hybridized carbons (Fsp3) is 0.344. The van der Waals surface area contributed by atoms with E-state index in [0.717, 1.165) is 43.8 Å². The van der Waals surface area contributed by atoms with Gasteiger partial charge >= 0.3 is 6.18 Å². The van der Waals surface area contributed by atoms with E-state index in [1.165, 1.54) is 21.9 Å². The van der Waals surface area contributed by atoms with Gasteiger partial charge < -0.3 is 20.9 Å². The molecule has 4 aromatic rings. The van der Waals surface area contributed by atoms with Crippen molar-refractivity contribution in [3.8, 4) is 0 Å². The second kappa shape index (κ2) is 14.1. The Bertz CT molecular complexity index is 1750. The lowest BCUT2D eigenvalue weighted by molar-refractivity contribution is -0.140. The molecule has 2 aliphatic heterocycles. The minimum atomic E-state index is -4.85. The van der Waals surface area contributed by atoms with E-state index in [-0.39, 0.29) is 22.9 Å². The van der Waals surface area contributed by atoms with E-state index < -0.39 is 29.5 Å². The first-order valence-corrected chi connectivity index (χ1v) is 14.9. The number of alkyl halides is 3. The van der Waals surface area contributed by atoms with Crippen molar-refractivity contribution in [2.24, 2.45) is 0 Å². The second-order valence-electron chi connectivity index (χ2n) is 11.0. The number of likely N-dealkylation sites (tertiary alicyclic amines) is 1. The molecule has 2 aromatic carbocycles. The zero-order valence-electron chi connectivity index (χ0n) is 25.4. The van der Waals surface area contributed by atoms with Crippen LogP contribution in [-0.2, 0) is 11.0 Å². The summed E-state index contributed by atoms with van der Waals surface area (Å²) in [4.78, 5) is 34.9. The summed E-state index contributed by atoms with van der Waals surface area (Å²) in [6.45, 7) is 4.65. The molecule has 1 amide bonds. The fourth-order valence-electron chi connectivity index (χ4n) is 5.49. The van der Waals surface area contributed by atoms with Crippen LogP contribution in [0.3, 0.4) is 0 Å². The van der Waals surface area contributed by atoms with Crippen LogP contribution in [0.5, 0.6) is 0 Å². The van der Waals surface area contributed by atoms with Gasteiger partial charge in [-0.25, -0.2) is 9.07 Å². The van der Waals surface area contributed by atoms with Crippen LogP contribution in [0.15, 0.2) is 66.1 Å². The van der Waals surface area contributed by atoms with Crippen molar-refractivity contribution < 1.29 is 27.2 Å². The summed E-state index contributed by atoms with van der Waals surface area (Å²) in [5.41, 5.74) is 0.294. The van der Waals surface area contributed by atoms with Crippen molar-refractivity contribution in [2.75, 3.05) is 43.9 Å². The molecule has 1 unspecified atom stereocenters. The number of nitrogens with zero attached hydrogens (tertiary/aromatic N) is 5. The molecule has 1 fully saturated rings. The first-order chi connectivity index (χ1) is 22.1. The molecule has 242 valence electrons. The Morgan fingerprint density at radius 2 is 1.87 bits per heavy atom. The zero-order chi connectivity index (χ0) is 32.8. The summed E-state index contributed by atoms with van der Waals surface area (Å²) in [5, 5.41) is 15.3. The Morgan fingerprint density at radius 3 is 2.57 bits per heavy atom. The Morgan fingerprint density at radius 1 is 1.09 bits per heavy atom. The molecule has 0 radical (unpaired) electrons. The standard InChI is InChI=1S/C22H24F4N6O2.C10H10N2/c1-13-15(12-33)18(14-5-6-16(17(23)11-14)22(24,25)26)32-21(28-13)29-19(30-32)20(34)27-7-10-31-8-3-2-4-9-31;1-11-10-3-2-9-7-12-5-4-8(9)6-10/h5-6,11-12,18H,2-4,7-10H2,1H3,(H,27,34)(H,28,29,30);2-7,11H,1H3. The van der Waals surface area contributed by atoms with Crippen LogP contribution in [0.1, 0.15) is 54.0 Å². The van der Waals surface area contributed by atoms with E-state index in [0.29, 0.717) is 31.1 Å². The highest BCUT2D eigenvalue weighted by molar-refractivity contribution is 5.91. The molecule has 10 nitrogen and oxygen atoms in total. The smallest absolute Gasteiger partial charge is 0.388 e. The third-order valence-electron chi connectivity index (χ3n) is 7.94. The van der Waals surface area contributed by atoms with Gasteiger partial charge in [0.05, 0.1) is 5.56 Å². The predicted octanol–water partition coefficient (Wildman–Crippen LogP) is 5.42. The Hall–Kier alpha value is -4.85. The van der Waals surface area contributed by atoms with E-state index in [4.69, 9.17) is 0 Å². The molecule has 14 heteroatoms. The van der Waals surface area contributed by atoms with Crippen LogP contribution < -0.4 is 16.0 Å². The summed E-state index contributed by atoms with van der Waals surface area (Å²) in [5.74, 6) is -2.04. The highest BCUT2D eigenvalue weighted by Crippen LogP contribution is 2.37. The van der Waals surface area contributed by atoms with E-state index >= 15 is 0 Å². The van der Waals surface area contributed by atoms with Crippen molar-refractivity contribution in [2.45, 2.75) is 38.4 Å². The molecule has 0 bridgehead atoms. The van der Waals surface area contributed by atoms with Gasteiger partial charge in [0, 0.05) is 54.9 Å². The van der Waals surface area contributed by atoms with Crippen LogP contribution in [0, 0.1) is 5.82 Å². The number of hydrogen-bond donors (Lipinski definition) is 3. The highest BCUT2D eigenvalue weighted by atomic mass is 19.4. The van der Waals surface area contributed by atoms with Crippen molar-refractivity contribution in [1.82, 2.24) is 30.0 Å². The number of piperidine rings is 1. The Balaban J connectivity index is 0.000000289. The number of amides is 1. The van der Waals surface area contributed by atoms with Crippen LogP contribution in [0.4, 0.5) is 29.2 Å². The number of pyridine rings is 1. The van der Waals surface area contributed by atoms with Crippen molar-refractivity contribution in [1.29, 1.82) is 0 Å². The third kappa shape index (κ3) is 7.33. The Kier molecular flexibility index (Phi) is 9.95. The fourth-order valence-corrected chi connectivity index (χ4v) is 5.49. The number of carbonyl (C=O) groups excluding carboxylic acids is 2. The molecular weight excluding hydrogens is 604 g/mol. The first kappa shape index (κ1) is 32.5. The van der Waals surface area contributed by atoms with Crippen molar-refractivity contribution >= 4 is 34.6 Å². The predicted molar refractivity (Wildman–Crippen MR) is 166 cm³/mol. The molecule has 0 saturated carbocycles. The maximum Gasteiger partial charge on any atom is 0.419 e. The summed E-state index contributed by atoms with van der Waals surface area (Å²) in [7, 11) is 1.92. The normalized spacial score (nSPS) is 16.6. The topological polar surface area (TPSA) is 117 Å². The van der Waals surface area contributed by atoms with Gasteiger partial charge in [-0.1, -0.05) is 18.6 Å². The second-order valence-corrected chi connectivity index (χ2v) is 11.0. The monoisotopic (exact) mass is 638 g/mol. The molecule has 2 aliphatic rings. The molecule has 2 aromatic heterocycles. The molecule has 1 saturated heterocycles. The molecule has 0 spiro atoms. The van der Waals surface area contributed by atoms with Gasteiger partial charge in [0.2, 0.25) is 11.8 Å². The van der Waals surface area contributed by atoms with Gasteiger partial charge in [0.1, 0.15) is 18.1 Å². The molecule has 6 rings (SSSR count). The van der Waals surface area contributed by atoms with Gasteiger partial charge in [-0.05, 0) is 74.1 Å². The lowest BCUT2D eigenvalue weighted by Crippen LogP contribution is -2.38. The number of fused-ring (bicyclic) bond motifs is 2. The highest BCUT2D eigenvalue weighted by Gasteiger charge is 2.36. The lowest BCUT2D eigenvalue weighted by atomic mass is 9.95. The third-order valence-corrected chi connectivity index (χ3v) is 7.94. The minimum absolute atomic E-state index is 0.0663. The lowest BCUT2D eigenvalue weighted by Gasteiger charge is -2.26. The first-order valence-electron chi connectivity index (χ1n) is 14.9. The Labute approximate surface area is 262 Å². The average Bonchev–Trinajstić information content (AvgIpc) is 3.47. The maximum atomic E-state index is 14.3. The maximum absolute atomic E-state index is 14.3. The van der Waals surface area contributed by atoms with Gasteiger partial charge in [-0.3, -0.25) is 14.6 Å². The largest absolute Gasteiger partial charge is 0.419 e.